The predicted octanol–water partition coefficient (Wildman–Crippen LogP) is 2.13. The Morgan fingerprint density at radius 3 is 2.79 bits per heavy atom. The average molecular weight is 328 g/mol. The van der Waals surface area contributed by atoms with Crippen LogP contribution in [0.3, 0.4) is 0 Å². The summed E-state index contributed by atoms with van der Waals surface area (Å²) in [6.07, 6.45) is 5.74. The molecule has 0 aliphatic carbocycles. The first kappa shape index (κ1) is 16.8. The number of hydrogen-bond donors (Lipinski definition) is 1. The highest BCUT2D eigenvalue weighted by Crippen LogP contribution is 2.27. The molecule has 0 bridgehead atoms. The normalized spacial score (nSPS) is 18.0. The van der Waals surface area contributed by atoms with Gasteiger partial charge in [-0.2, -0.15) is 0 Å². The topological polar surface area (TPSA) is 71.4 Å². The Morgan fingerprint density at radius 1 is 1.25 bits per heavy atom. The number of ether oxygens (including phenoxy) is 1. The van der Waals surface area contributed by atoms with Crippen LogP contribution in [0.2, 0.25) is 0 Å². The maximum absolute atomic E-state index is 8.96. The minimum absolute atomic E-state index is 0.0638. The van der Waals surface area contributed by atoms with Crippen LogP contribution in [0.15, 0.2) is 24.5 Å². The summed E-state index contributed by atoms with van der Waals surface area (Å²) in [5.74, 6) is 1.71. The fourth-order valence-corrected chi connectivity index (χ4v) is 3.04. The van der Waals surface area contributed by atoms with E-state index in [9.17, 15) is 0 Å². The molecule has 1 fully saturated rings. The van der Waals surface area contributed by atoms with E-state index in [1.165, 1.54) is 0 Å². The molecule has 1 unspecified atom stereocenters. The lowest BCUT2D eigenvalue weighted by molar-refractivity contribution is 0.0213. The zero-order valence-corrected chi connectivity index (χ0v) is 14.3. The molecule has 1 atom stereocenters. The van der Waals surface area contributed by atoms with Gasteiger partial charge in [0.25, 0.3) is 0 Å². The quantitative estimate of drug-likeness (QED) is 0.906. The van der Waals surface area contributed by atoms with Gasteiger partial charge in [0.15, 0.2) is 5.82 Å². The second-order valence-corrected chi connectivity index (χ2v) is 6.12. The Kier molecular flexibility index (Phi) is 5.37. The average Bonchev–Trinajstić information content (AvgIpc) is 2.63. The first-order valence-corrected chi connectivity index (χ1v) is 8.42. The molecule has 0 aromatic carbocycles. The zero-order valence-electron chi connectivity index (χ0n) is 14.3. The molecule has 3 heterocycles. The van der Waals surface area contributed by atoms with Crippen molar-refractivity contribution in [2.24, 2.45) is 0 Å². The molecule has 1 saturated heterocycles. The van der Waals surface area contributed by atoms with Crippen LogP contribution in [0.25, 0.3) is 11.4 Å². The molecule has 0 saturated carbocycles. The Morgan fingerprint density at radius 2 is 2.04 bits per heavy atom. The Labute approximate surface area is 142 Å². The van der Waals surface area contributed by atoms with Crippen molar-refractivity contribution in [1.29, 1.82) is 0 Å². The van der Waals surface area contributed by atoms with Crippen molar-refractivity contribution in [2.75, 3.05) is 31.2 Å². The zero-order chi connectivity index (χ0) is 16.9. The fraction of sp³-hybridized carbons (Fsp3) is 0.500. The number of aromatic nitrogens is 3. The number of aliphatic hydroxyl groups is 1. The molecule has 0 radical (unpaired) electrons. The van der Waals surface area contributed by atoms with Crippen LogP contribution in [-0.2, 0) is 4.74 Å². The van der Waals surface area contributed by atoms with Gasteiger partial charge in [-0.1, -0.05) is 0 Å². The Hall–Kier alpha value is -2.05. The lowest BCUT2D eigenvalue weighted by Crippen LogP contribution is -2.41. The van der Waals surface area contributed by atoms with Crippen LogP contribution < -0.4 is 4.90 Å². The van der Waals surface area contributed by atoms with Gasteiger partial charge < -0.3 is 14.7 Å². The first-order chi connectivity index (χ1) is 11.7. The van der Waals surface area contributed by atoms with Gasteiger partial charge in [0.1, 0.15) is 5.82 Å². The third-order valence-electron chi connectivity index (χ3n) is 4.42. The van der Waals surface area contributed by atoms with Gasteiger partial charge in [0, 0.05) is 42.3 Å². The van der Waals surface area contributed by atoms with Crippen molar-refractivity contribution >= 4 is 5.82 Å². The Bertz CT molecular complexity index is 678. The summed E-state index contributed by atoms with van der Waals surface area (Å²) in [5, 5.41) is 8.96. The summed E-state index contributed by atoms with van der Waals surface area (Å²) in [5.41, 5.74) is 3.07. The number of piperidine rings is 1. The van der Waals surface area contributed by atoms with Crippen LogP contribution in [0, 0.1) is 13.8 Å². The van der Waals surface area contributed by atoms with E-state index in [2.05, 4.69) is 21.8 Å². The molecular formula is C18H24N4O2. The largest absolute Gasteiger partial charge is 0.394 e. The molecule has 6 heteroatoms. The number of pyridine rings is 1. The van der Waals surface area contributed by atoms with E-state index < -0.39 is 0 Å². The van der Waals surface area contributed by atoms with Crippen LogP contribution in [-0.4, -0.2) is 52.5 Å². The van der Waals surface area contributed by atoms with Crippen LogP contribution in [0.1, 0.15) is 24.1 Å². The highest BCUT2D eigenvalue weighted by molar-refractivity contribution is 5.60. The van der Waals surface area contributed by atoms with E-state index in [1.54, 1.807) is 12.4 Å². The van der Waals surface area contributed by atoms with Crippen molar-refractivity contribution in [2.45, 2.75) is 32.8 Å². The van der Waals surface area contributed by atoms with Gasteiger partial charge >= 0.3 is 0 Å². The summed E-state index contributed by atoms with van der Waals surface area (Å²) < 4.78 is 5.73. The predicted molar refractivity (Wildman–Crippen MR) is 93.0 cm³/mol. The Balaban J connectivity index is 1.88. The molecule has 1 aliphatic heterocycles. The summed E-state index contributed by atoms with van der Waals surface area (Å²) >= 11 is 0. The van der Waals surface area contributed by atoms with E-state index >= 15 is 0 Å². The van der Waals surface area contributed by atoms with Gasteiger partial charge in [0.2, 0.25) is 0 Å². The molecule has 2 aromatic rings. The third-order valence-corrected chi connectivity index (χ3v) is 4.42. The van der Waals surface area contributed by atoms with E-state index in [4.69, 9.17) is 14.8 Å². The molecule has 1 aliphatic rings. The highest BCUT2D eigenvalue weighted by atomic mass is 16.5. The third kappa shape index (κ3) is 3.71. The fourth-order valence-electron chi connectivity index (χ4n) is 3.04. The first-order valence-electron chi connectivity index (χ1n) is 8.42. The van der Waals surface area contributed by atoms with E-state index in [0.29, 0.717) is 6.61 Å². The van der Waals surface area contributed by atoms with E-state index in [0.717, 1.165) is 54.4 Å². The molecular weight excluding hydrogens is 304 g/mol. The summed E-state index contributed by atoms with van der Waals surface area (Å²) in [4.78, 5) is 15.8. The van der Waals surface area contributed by atoms with E-state index in [1.807, 2.05) is 19.1 Å². The molecule has 24 heavy (non-hydrogen) atoms. The molecule has 2 aromatic heterocycles. The SMILES string of the molecule is Cc1nc(-c2ccncc2)nc(N2CCCC(OCCO)C2)c1C. The van der Waals surface area contributed by atoms with Crippen molar-refractivity contribution < 1.29 is 9.84 Å². The number of aliphatic hydroxyl groups excluding tert-OH is 1. The minimum Gasteiger partial charge on any atom is -0.394 e. The van der Waals surface area contributed by atoms with Crippen LogP contribution >= 0.6 is 0 Å². The molecule has 1 N–H and O–H groups in total. The summed E-state index contributed by atoms with van der Waals surface area (Å²) in [6.45, 7) is 6.31. The number of rotatable bonds is 5. The molecule has 3 rings (SSSR count). The van der Waals surface area contributed by atoms with Gasteiger partial charge in [0.05, 0.1) is 19.3 Å². The number of nitrogens with zero attached hydrogens (tertiary/aromatic N) is 4. The number of anilines is 1. The van der Waals surface area contributed by atoms with E-state index in [-0.39, 0.29) is 12.7 Å². The van der Waals surface area contributed by atoms with Crippen LogP contribution in [0.5, 0.6) is 0 Å². The number of hydrogen-bond acceptors (Lipinski definition) is 6. The molecule has 128 valence electrons. The van der Waals surface area contributed by atoms with Gasteiger partial charge in [-0.3, -0.25) is 4.98 Å². The highest BCUT2D eigenvalue weighted by Gasteiger charge is 2.24. The molecule has 0 amide bonds. The molecule has 0 spiro atoms. The monoisotopic (exact) mass is 328 g/mol. The van der Waals surface area contributed by atoms with Gasteiger partial charge in [-0.05, 0) is 38.8 Å². The van der Waals surface area contributed by atoms with Crippen molar-refractivity contribution in [1.82, 2.24) is 15.0 Å². The van der Waals surface area contributed by atoms with Gasteiger partial charge in [-0.15, -0.1) is 0 Å². The standard InChI is InChI=1S/C18H24N4O2/c1-13-14(2)20-17(15-5-7-19-8-6-15)21-18(13)22-9-3-4-16(12-22)24-11-10-23/h5-8,16,23H,3-4,9-12H2,1-2H3. The maximum Gasteiger partial charge on any atom is 0.161 e. The second kappa shape index (κ2) is 7.68. The van der Waals surface area contributed by atoms with Crippen LogP contribution in [0.4, 0.5) is 5.82 Å². The smallest absolute Gasteiger partial charge is 0.161 e. The van der Waals surface area contributed by atoms with Crippen molar-refractivity contribution in [3.63, 3.8) is 0 Å². The lowest BCUT2D eigenvalue weighted by atomic mass is 10.1. The summed E-state index contributed by atoms with van der Waals surface area (Å²) in [7, 11) is 0. The second-order valence-electron chi connectivity index (χ2n) is 6.12. The van der Waals surface area contributed by atoms with Crippen molar-refractivity contribution in [3.8, 4) is 11.4 Å². The van der Waals surface area contributed by atoms with Gasteiger partial charge in [-0.25, -0.2) is 9.97 Å². The maximum atomic E-state index is 8.96. The minimum atomic E-state index is 0.0638. The summed E-state index contributed by atoms with van der Waals surface area (Å²) in [6, 6.07) is 3.86. The lowest BCUT2D eigenvalue weighted by Gasteiger charge is -2.34. The van der Waals surface area contributed by atoms with Crippen molar-refractivity contribution in [3.05, 3.63) is 35.8 Å². The molecule has 6 nitrogen and oxygen atoms in total. The number of aryl methyl sites for hydroxylation is 1.